The molecule has 0 saturated carbocycles. The summed E-state index contributed by atoms with van der Waals surface area (Å²) in [6, 6.07) is 1.77. The molecule has 1 aromatic rings. The fourth-order valence-corrected chi connectivity index (χ4v) is 1.19. The number of unbranched alkanes of at least 4 members (excludes halogenated alkanes) is 1. The van der Waals surface area contributed by atoms with Crippen molar-refractivity contribution < 1.29 is 0 Å². The van der Waals surface area contributed by atoms with Crippen LogP contribution < -0.4 is 11.3 Å². The van der Waals surface area contributed by atoms with E-state index in [0.717, 1.165) is 19.3 Å². The molecule has 0 radical (unpaired) electrons. The van der Waals surface area contributed by atoms with Gasteiger partial charge in [0.25, 0.3) is 0 Å². The van der Waals surface area contributed by atoms with Crippen molar-refractivity contribution in [3.8, 4) is 12.3 Å². The van der Waals surface area contributed by atoms with Gasteiger partial charge in [-0.1, -0.05) is 0 Å². The molecule has 1 atom stereocenters. The summed E-state index contributed by atoms with van der Waals surface area (Å²) in [6.07, 6.45) is 11.1. The van der Waals surface area contributed by atoms with Gasteiger partial charge in [0.2, 0.25) is 0 Å². The molecule has 0 aliphatic carbocycles. The Morgan fingerprint density at radius 1 is 1.50 bits per heavy atom. The molecule has 0 spiro atoms. The highest BCUT2D eigenvalue weighted by Crippen LogP contribution is 2.13. The molecule has 0 amide bonds. The fourth-order valence-electron chi connectivity index (χ4n) is 1.19. The van der Waals surface area contributed by atoms with E-state index in [1.54, 1.807) is 18.5 Å². The third-order valence-electron chi connectivity index (χ3n) is 1.91. The number of hydrogen-bond donors (Lipinski definition) is 2. The van der Waals surface area contributed by atoms with Gasteiger partial charge in [-0.15, -0.1) is 12.3 Å². The number of aromatic nitrogens is 2. The second-order valence-corrected chi connectivity index (χ2v) is 2.92. The molecule has 0 aliphatic heterocycles. The van der Waals surface area contributed by atoms with Crippen LogP contribution in [0.15, 0.2) is 18.5 Å². The van der Waals surface area contributed by atoms with Gasteiger partial charge in [-0.2, -0.15) is 0 Å². The Labute approximate surface area is 83.9 Å². The van der Waals surface area contributed by atoms with Crippen LogP contribution in [0.1, 0.15) is 31.1 Å². The monoisotopic (exact) mass is 190 g/mol. The van der Waals surface area contributed by atoms with Crippen LogP contribution in [-0.4, -0.2) is 9.97 Å². The molecule has 3 N–H and O–H groups in total. The van der Waals surface area contributed by atoms with Crippen molar-refractivity contribution in [1.82, 2.24) is 15.4 Å². The second-order valence-electron chi connectivity index (χ2n) is 2.92. The van der Waals surface area contributed by atoms with E-state index in [4.69, 9.17) is 12.3 Å². The van der Waals surface area contributed by atoms with E-state index >= 15 is 0 Å². The predicted molar refractivity (Wildman–Crippen MR) is 54.8 cm³/mol. The zero-order chi connectivity index (χ0) is 10.2. The lowest BCUT2D eigenvalue weighted by atomic mass is 10.1. The minimum atomic E-state index is -0.00968. The molecule has 4 nitrogen and oxygen atoms in total. The molecular weight excluding hydrogens is 176 g/mol. The molecule has 0 fully saturated rings. The number of rotatable bonds is 5. The van der Waals surface area contributed by atoms with Crippen molar-refractivity contribution in [1.29, 1.82) is 0 Å². The molecule has 0 saturated heterocycles. The van der Waals surface area contributed by atoms with Crippen LogP contribution in [0.5, 0.6) is 0 Å². The van der Waals surface area contributed by atoms with Crippen LogP contribution in [-0.2, 0) is 0 Å². The lowest BCUT2D eigenvalue weighted by Crippen LogP contribution is -2.29. The first-order chi connectivity index (χ1) is 6.88. The molecule has 1 rings (SSSR count). The van der Waals surface area contributed by atoms with Crippen molar-refractivity contribution in [2.75, 3.05) is 0 Å². The van der Waals surface area contributed by atoms with E-state index in [1.807, 2.05) is 0 Å². The van der Waals surface area contributed by atoms with Crippen molar-refractivity contribution in [3.05, 3.63) is 24.3 Å². The van der Waals surface area contributed by atoms with Crippen LogP contribution in [0, 0.1) is 12.3 Å². The van der Waals surface area contributed by atoms with E-state index < -0.39 is 0 Å². The summed E-state index contributed by atoms with van der Waals surface area (Å²) in [5.74, 6) is 8.71. The molecule has 0 aliphatic rings. The highest BCUT2D eigenvalue weighted by molar-refractivity contribution is 4.95. The molecule has 0 bridgehead atoms. The van der Waals surface area contributed by atoms with Gasteiger partial charge in [0.15, 0.2) is 0 Å². The van der Waals surface area contributed by atoms with Gasteiger partial charge in [0.1, 0.15) is 5.82 Å². The summed E-state index contributed by atoms with van der Waals surface area (Å²) in [4.78, 5) is 8.25. The zero-order valence-corrected chi connectivity index (χ0v) is 7.98. The summed E-state index contributed by atoms with van der Waals surface area (Å²) in [7, 11) is 0. The minimum Gasteiger partial charge on any atom is -0.271 e. The summed E-state index contributed by atoms with van der Waals surface area (Å²) < 4.78 is 0. The molecular formula is C10H14N4. The Morgan fingerprint density at radius 3 is 2.79 bits per heavy atom. The van der Waals surface area contributed by atoms with Gasteiger partial charge in [-0.05, 0) is 18.9 Å². The average molecular weight is 190 g/mol. The minimum absolute atomic E-state index is 0.00968. The Morgan fingerprint density at radius 2 is 2.21 bits per heavy atom. The zero-order valence-electron chi connectivity index (χ0n) is 7.98. The maximum absolute atomic E-state index is 5.41. The third-order valence-corrected chi connectivity index (χ3v) is 1.91. The number of hydrazine groups is 1. The van der Waals surface area contributed by atoms with Crippen LogP contribution >= 0.6 is 0 Å². The van der Waals surface area contributed by atoms with Crippen molar-refractivity contribution in [3.63, 3.8) is 0 Å². The van der Waals surface area contributed by atoms with Crippen LogP contribution in [0.3, 0.4) is 0 Å². The largest absolute Gasteiger partial charge is 0.271 e. The second kappa shape index (κ2) is 6.08. The van der Waals surface area contributed by atoms with Crippen LogP contribution in [0.2, 0.25) is 0 Å². The van der Waals surface area contributed by atoms with Crippen molar-refractivity contribution >= 4 is 0 Å². The number of nitrogens with one attached hydrogen (secondary N) is 1. The van der Waals surface area contributed by atoms with E-state index in [1.165, 1.54) is 0 Å². The lowest BCUT2D eigenvalue weighted by molar-refractivity contribution is 0.479. The molecule has 1 unspecified atom stereocenters. The summed E-state index contributed by atoms with van der Waals surface area (Å²) in [6.45, 7) is 0. The van der Waals surface area contributed by atoms with Gasteiger partial charge >= 0.3 is 0 Å². The first kappa shape index (κ1) is 10.6. The Bertz CT molecular complexity index is 291. The molecule has 4 heteroatoms. The first-order valence-electron chi connectivity index (χ1n) is 4.55. The van der Waals surface area contributed by atoms with Gasteiger partial charge in [0, 0.05) is 18.8 Å². The molecule has 1 aromatic heterocycles. The molecule has 1 heterocycles. The third kappa shape index (κ3) is 3.13. The maximum Gasteiger partial charge on any atom is 0.146 e. The van der Waals surface area contributed by atoms with E-state index in [-0.39, 0.29) is 6.04 Å². The Hall–Kier alpha value is -1.44. The maximum atomic E-state index is 5.41. The van der Waals surface area contributed by atoms with Crippen molar-refractivity contribution in [2.45, 2.75) is 25.3 Å². The number of nitrogens with two attached hydrogens (primary N) is 1. The lowest BCUT2D eigenvalue weighted by Gasteiger charge is -2.12. The quantitative estimate of drug-likeness (QED) is 0.312. The topological polar surface area (TPSA) is 63.8 Å². The van der Waals surface area contributed by atoms with Crippen molar-refractivity contribution in [2.24, 2.45) is 5.84 Å². The van der Waals surface area contributed by atoms with Crippen LogP contribution in [0.25, 0.3) is 0 Å². The highest BCUT2D eigenvalue weighted by Gasteiger charge is 2.10. The van der Waals surface area contributed by atoms with E-state index in [2.05, 4.69) is 21.3 Å². The van der Waals surface area contributed by atoms with Gasteiger partial charge in [-0.25, -0.2) is 15.4 Å². The fraction of sp³-hybridized carbons (Fsp3) is 0.400. The SMILES string of the molecule is C#CCCCC(NN)c1ncccn1. The van der Waals surface area contributed by atoms with E-state index in [9.17, 15) is 0 Å². The molecule has 74 valence electrons. The number of hydrogen-bond acceptors (Lipinski definition) is 4. The van der Waals surface area contributed by atoms with Gasteiger partial charge in [0.05, 0.1) is 6.04 Å². The Balaban J connectivity index is 2.51. The van der Waals surface area contributed by atoms with Gasteiger partial charge in [-0.3, -0.25) is 5.84 Å². The smallest absolute Gasteiger partial charge is 0.146 e. The molecule has 14 heavy (non-hydrogen) atoms. The van der Waals surface area contributed by atoms with Crippen LogP contribution in [0.4, 0.5) is 0 Å². The average Bonchev–Trinajstić information content (AvgIpc) is 2.26. The summed E-state index contributed by atoms with van der Waals surface area (Å²) in [5, 5.41) is 0. The summed E-state index contributed by atoms with van der Waals surface area (Å²) in [5.41, 5.74) is 2.68. The highest BCUT2D eigenvalue weighted by atomic mass is 15.2. The standard InChI is InChI=1S/C10H14N4/c1-2-3-4-6-9(14-11)10-12-7-5-8-13-10/h1,5,7-9,14H,3-4,6,11H2. The normalized spacial score (nSPS) is 12.0. The predicted octanol–water partition coefficient (Wildman–Crippen LogP) is 0.784. The van der Waals surface area contributed by atoms with Gasteiger partial charge < -0.3 is 0 Å². The molecule has 0 aromatic carbocycles. The van der Waals surface area contributed by atoms with E-state index in [0.29, 0.717) is 5.82 Å². The number of nitrogens with zero attached hydrogens (tertiary/aromatic N) is 2. The Kier molecular flexibility index (Phi) is 4.62. The number of terminal acetylenes is 1. The first-order valence-corrected chi connectivity index (χ1v) is 4.55. The summed E-state index contributed by atoms with van der Waals surface area (Å²) >= 11 is 0.